The number of pyridine rings is 1. The first-order valence-electron chi connectivity index (χ1n) is 11.5. The van der Waals surface area contributed by atoms with Gasteiger partial charge < -0.3 is 19.9 Å². The van der Waals surface area contributed by atoms with Crippen LogP contribution in [0.5, 0.6) is 5.75 Å². The first-order chi connectivity index (χ1) is 16.7. The first-order valence-corrected chi connectivity index (χ1v) is 11.5. The maximum atomic E-state index is 13.7. The largest absolute Gasteiger partial charge is 0.491 e. The number of nitrogens with one attached hydrogen (secondary N) is 1. The molecule has 0 aliphatic carbocycles. The summed E-state index contributed by atoms with van der Waals surface area (Å²) in [5.41, 5.74) is 2.05. The number of fused-ring (bicyclic) bond motifs is 3. The second-order valence-corrected chi connectivity index (χ2v) is 8.47. The van der Waals surface area contributed by atoms with Crippen LogP contribution in [-0.2, 0) is 24.4 Å². The maximum Gasteiger partial charge on any atom is 0.254 e. The van der Waals surface area contributed by atoms with Gasteiger partial charge in [0.25, 0.3) is 5.91 Å². The Bertz CT molecular complexity index is 1170. The number of amides is 2. The highest BCUT2D eigenvalue weighted by Gasteiger charge is 2.22. The van der Waals surface area contributed by atoms with Crippen molar-refractivity contribution in [1.82, 2.24) is 30.2 Å². The standard InChI is InChI=1S/C24H27N7O3/c32-23-17-31-16-20(27-28-31)15-30(14-19-5-1-2-6-21(19)34-12-9-26-23)24(33)18-7-8-25-22(13-18)29-10-3-4-11-29/h1-2,5-8,13,16H,3-4,9-12,14-15,17H2,(H,26,32). The Kier molecular flexibility index (Phi) is 6.37. The number of nitrogens with zero attached hydrogens (tertiary/aromatic N) is 6. The van der Waals surface area contributed by atoms with E-state index in [0.29, 0.717) is 36.7 Å². The minimum Gasteiger partial charge on any atom is -0.491 e. The molecule has 0 atom stereocenters. The zero-order chi connectivity index (χ0) is 23.3. The number of anilines is 1. The Morgan fingerprint density at radius 2 is 1.91 bits per heavy atom. The SMILES string of the molecule is O=C1Cn2cc(nn2)CN(C(=O)c2ccnc(N3CCCC3)c2)Cc2ccccc2OCCN1. The van der Waals surface area contributed by atoms with Crippen LogP contribution >= 0.6 is 0 Å². The number of carbonyl (C=O) groups excluding carboxylic acids is 2. The van der Waals surface area contributed by atoms with Crippen molar-refractivity contribution in [2.24, 2.45) is 0 Å². The van der Waals surface area contributed by atoms with Gasteiger partial charge in [-0.15, -0.1) is 5.10 Å². The Morgan fingerprint density at radius 1 is 1.06 bits per heavy atom. The second-order valence-electron chi connectivity index (χ2n) is 8.47. The third-order valence-corrected chi connectivity index (χ3v) is 5.97. The summed E-state index contributed by atoms with van der Waals surface area (Å²) in [6.45, 7) is 3.24. The topological polar surface area (TPSA) is 105 Å². The lowest BCUT2D eigenvalue weighted by atomic mass is 10.1. The van der Waals surface area contributed by atoms with Gasteiger partial charge in [-0.1, -0.05) is 23.4 Å². The molecule has 2 bridgehead atoms. The summed E-state index contributed by atoms with van der Waals surface area (Å²) in [5.74, 6) is 1.20. The van der Waals surface area contributed by atoms with Crippen LogP contribution in [0.2, 0.25) is 0 Å². The zero-order valence-corrected chi connectivity index (χ0v) is 18.9. The van der Waals surface area contributed by atoms with Gasteiger partial charge in [-0.3, -0.25) is 9.59 Å². The van der Waals surface area contributed by atoms with Gasteiger partial charge in [0.2, 0.25) is 5.91 Å². The lowest BCUT2D eigenvalue weighted by molar-refractivity contribution is -0.122. The van der Waals surface area contributed by atoms with Gasteiger partial charge in [-0.25, -0.2) is 9.67 Å². The van der Waals surface area contributed by atoms with Crippen LogP contribution < -0.4 is 15.0 Å². The average Bonchev–Trinajstić information content (AvgIpc) is 3.54. The summed E-state index contributed by atoms with van der Waals surface area (Å²) in [5, 5.41) is 11.1. The molecule has 34 heavy (non-hydrogen) atoms. The first kappa shape index (κ1) is 21.9. The van der Waals surface area contributed by atoms with Crippen LogP contribution in [0.4, 0.5) is 5.82 Å². The lowest BCUT2D eigenvalue weighted by Crippen LogP contribution is -2.32. The van der Waals surface area contributed by atoms with Crippen LogP contribution in [0.25, 0.3) is 0 Å². The van der Waals surface area contributed by atoms with Crippen LogP contribution in [0.1, 0.15) is 34.5 Å². The van der Waals surface area contributed by atoms with E-state index in [9.17, 15) is 9.59 Å². The van der Waals surface area contributed by atoms with Crippen molar-refractivity contribution in [2.45, 2.75) is 32.5 Å². The van der Waals surface area contributed by atoms with Gasteiger partial charge in [0.15, 0.2) is 0 Å². The molecule has 2 aromatic heterocycles. The minimum atomic E-state index is -0.176. The minimum absolute atomic E-state index is 0.0566. The smallest absolute Gasteiger partial charge is 0.254 e. The monoisotopic (exact) mass is 461 g/mol. The number of carbonyl (C=O) groups is 2. The van der Waals surface area contributed by atoms with E-state index in [-0.39, 0.29) is 24.9 Å². The van der Waals surface area contributed by atoms with Gasteiger partial charge in [0, 0.05) is 30.4 Å². The predicted molar refractivity (Wildman–Crippen MR) is 124 cm³/mol. The molecule has 176 valence electrons. The van der Waals surface area contributed by atoms with Crippen molar-refractivity contribution in [3.63, 3.8) is 0 Å². The molecule has 2 amide bonds. The zero-order valence-electron chi connectivity index (χ0n) is 18.9. The number of aromatic nitrogens is 4. The molecule has 3 aromatic rings. The molecule has 4 heterocycles. The molecule has 0 spiro atoms. The van der Waals surface area contributed by atoms with E-state index >= 15 is 0 Å². The average molecular weight is 462 g/mol. The van der Waals surface area contributed by atoms with Crippen molar-refractivity contribution in [3.05, 3.63) is 65.6 Å². The highest BCUT2D eigenvalue weighted by Crippen LogP contribution is 2.24. The van der Waals surface area contributed by atoms with E-state index < -0.39 is 0 Å². The second kappa shape index (κ2) is 9.90. The predicted octanol–water partition coefficient (Wildman–Crippen LogP) is 1.62. The van der Waals surface area contributed by atoms with E-state index in [1.54, 1.807) is 23.4 Å². The van der Waals surface area contributed by atoms with E-state index in [1.165, 1.54) is 4.68 Å². The number of ether oxygens (including phenoxy) is 1. The number of benzene rings is 1. The third-order valence-electron chi connectivity index (χ3n) is 5.97. The summed E-state index contributed by atoms with van der Waals surface area (Å²) >= 11 is 0. The molecule has 5 rings (SSSR count). The molecule has 2 aliphatic heterocycles. The van der Waals surface area contributed by atoms with Crippen molar-refractivity contribution in [2.75, 3.05) is 31.1 Å². The number of hydrogen-bond donors (Lipinski definition) is 1. The summed E-state index contributed by atoms with van der Waals surface area (Å²) in [6, 6.07) is 11.2. The number of hydrogen-bond acceptors (Lipinski definition) is 7. The highest BCUT2D eigenvalue weighted by molar-refractivity contribution is 5.94. The van der Waals surface area contributed by atoms with Crippen LogP contribution in [-0.4, -0.2) is 62.9 Å². The Morgan fingerprint density at radius 3 is 2.79 bits per heavy atom. The molecule has 1 aromatic carbocycles. The molecule has 0 saturated carbocycles. The van der Waals surface area contributed by atoms with Crippen LogP contribution in [0.3, 0.4) is 0 Å². The Labute approximate surface area is 197 Å². The van der Waals surface area contributed by atoms with Crippen molar-refractivity contribution in [3.8, 4) is 5.75 Å². The summed E-state index contributed by atoms with van der Waals surface area (Å²) in [7, 11) is 0. The van der Waals surface area contributed by atoms with Gasteiger partial charge in [-0.05, 0) is 31.0 Å². The number of rotatable bonds is 2. The fraction of sp³-hybridized carbons (Fsp3) is 0.375. The van der Waals surface area contributed by atoms with Crippen LogP contribution in [0, 0.1) is 0 Å². The molecular weight excluding hydrogens is 434 g/mol. The van der Waals surface area contributed by atoms with Gasteiger partial charge >= 0.3 is 0 Å². The van der Waals surface area contributed by atoms with Crippen molar-refractivity contribution in [1.29, 1.82) is 0 Å². The summed E-state index contributed by atoms with van der Waals surface area (Å²) < 4.78 is 7.40. The van der Waals surface area contributed by atoms with E-state index in [1.807, 2.05) is 30.3 Å². The molecule has 0 radical (unpaired) electrons. The molecule has 1 saturated heterocycles. The van der Waals surface area contributed by atoms with E-state index in [4.69, 9.17) is 4.74 Å². The van der Waals surface area contributed by atoms with Gasteiger partial charge in [0.1, 0.15) is 30.4 Å². The molecule has 1 N–H and O–H groups in total. The van der Waals surface area contributed by atoms with Gasteiger partial charge in [-0.2, -0.15) is 0 Å². The molecule has 1 fully saturated rings. The van der Waals surface area contributed by atoms with Gasteiger partial charge in [0.05, 0.1) is 25.8 Å². The molecule has 10 nitrogen and oxygen atoms in total. The highest BCUT2D eigenvalue weighted by atomic mass is 16.5. The van der Waals surface area contributed by atoms with E-state index in [2.05, 4.69) is 25.5 Å². The fourth-order valence-electron chi connectivity index (χ4n) is 4.27. The fourth-order valence-corrected chi connectivity index (χ4v) is 4.27. The normalized spacial score (nSPS) is 16.9. The Balaban J connectivity index is 1.47. The molecule has 10 heteroatoms. The molecule has 2 aliphatic rings. The quantitative estimate of drug-likeness (QED) is 0.618. The van der Waals surface area contributed by atoms with Crippen LogP contribution in [0.15, 0.2) is 48.8 Å². The third kappa shape index (κ3) is 5.00. The van der Waals surface area contributed by atoms with E-state index in [0.717, 1.165) is 37.3 Å². The molecular formula is C24H27N7O3. The van der Waals surface area contributed by atoms with Crippen molar-refractivity contribution < 1.29 is 14.3 Å². The summed E-state index contributed by atoms with van der Waals surface area (Å²) in [4.78, 5) is 34.3. The summed E-state index contributed by atoms with van der Waals surface area (Å²) in [6.07, 6.45) is 5.67. The lowest BCUT2D eigenvalue weighted by Gasteiger charge is -2.24. The molecule has 0 unspecified atom stereocenters. The maximum absolute atomic E-state index is 13.7. The van der Waals surface area contributed by atoms with Crippen molar-refractivity contribution >= 4 is 17.6 Å². The number of para-hydroxylation sites is 1. The Hall–Kier alpha value is -3.95.